The van der Waals surface area contributed by atoms with Crippen molar-refractivity contribution in [2.24, 2.45) is 0 Å². The lowest BCUT2D eigenvalue weighted by Crippen LogP contribution is -2.55. The molecule has 3 aliphatic rings. The second kappa shape index (κ2) is 10.3. The van der Waals surface area contributed by atoms with Gasteiger partial charge in [0, 0.05) is 64.4 Å². The Morgan fingerprint density at radius 3 is 2.48 bits per heavy atom. The molecule has 1 saturated carbocycles. The summed E-state index contributed by atoms with van der Waals surface area (Å²) < 4.78 is 5.54. The third-order valence-corrected chi connectivity index (χ3v) is 6.32. The molecule has 1 unspecified atom stereocenters. The zero-order valence-corrected chi connectivity index (χ0v) is 16.8. The molecule has 2 N–H and O–H groups in total. The molecule has 0 aromatic carbocycles. The van der Waals surface area contributed by atoms with Crippen LogP contribution >= 0.6 is 0 Å². The van der Waals surface area contributed by atoms with Gasteiger partial charge in [0.2, 0.25) is 5.91 Å². The van der Waals surface area contributed by atoms with Gasteiger partial charge in [-0.05, 0) is 38.5 Å². The van der Waals surface area contributed by atoms with E-state index in [2.05, 4.69) is 15.5 Å². The second-order valence-electron chi connectivity index (χ2n) is 8.22. The number of hydrogen-bond donors (Lipinski definition) is 2. The molecule has 1 aliphatic carbocycles. The van der Waals surface area contributed by atoms with E-state index in [1.807, 2.05) is 4.90 Å². The summed E-state index contributed by atoms with van der Waals surface area (Å²) in [6, 6.07) is 1.17. The third-order valence-electron chi connectivity index (χ3n) is 6.32. The van der Waals surface area contributed by atoms with Crippen LogP contribution in [0.1, 0.15) is 58.3 Å². The van der Waals surface area contributed by atoms with Crippen molar-refractivity contribution in [2.75, 3.05) is 39.4 Å². The van der Waals surface area contributed by atoms with Gasteiger partial charge in [-0.15, -0.1) is 0 Å². The molecule has 0 bridgehead atoms. The normalized spacial score (nSPS) is 25.0. The van der Waals surface area contributed by atoms with Crippen molar-refractivity contribution in [3.8, 4) is 0 Å². The molecule has 2 heterocycles. The Balaban J connectivity index is 1.51. The molecule has 3 fully saturated rings. The van der Waals surface area contributed by atoms with Crippen LogP contribution in [0.2, 0.25) is 0 Å². The van der Waals surface area contributed by atoms with Crippen LogP contribution in [0.15, 0.2) is 0 Å². The van der Waals surface area contributed by atoms with Gasteiger partial charge >= 0.3 is 6.03 Å². The van der Waals surface area contributed by atoms with Crippen molar-refractivity contribution in [1.82, 2.24) is 20.4 Å². The summed E-state index contributed by atoms with van der Waals surface area (Å²) in [6.45, 7) is 6.43. The van der Waals surface area contributed by atoms with E-state index in [4.69, 9.17) is 4.74 Å². The highest BCUT2D eigenvalue weighted by Gasteiger charge is 2.31. The first-order valence-electron chi connectivity index (χ1n) is 10.8. The standard InChI is InChI=1S/C20H36N4O3/c1-16(25)23-11-4-7-19(15-23)24(18-8-13-27-14-9-18)12-10-21-20(26)22-17-5-2-3-6-17/h17-19H,2-15H2,1H3,(H2,21,22,26). The number of amides is 3. The van der Waals surface area contributed by atoms with Gasteiger partial charge in [0.15, 0.2) is 0 Å². The number of carbonyl (C=O) groups excluding carboxylic acids is 2. The van der Waals surface area contributed by atoms with E-state index in [0.29, 0.717) is 24.7 Å². The van der Waals surface area contributed by atoms with Crippen LogP contribution in [0.5, 0.6) is 0 Å². The molecule has 0 aromatic heterocycles. The fourth-order valence-corrected chi connectivity index (χ4v) is 4.80. The van der Waals surface area contributed by atoms with Gasteiger partial charge in [0.05, 0.1) is 0 Å². The van der Waals surface area contributed by atoms with Gasteiger partial charge in [-0.25, -0.2) is 4.79 Å². The number of piperidine rings is 1. The Morgan fingerprint density at radius 1 is 1.04 bits per heavy atom. The average molecular weight is 381 g/mol. The topological polar surface area (TPSA) is 73.9 Å². The number of carbonyl (C=O) groups is 2. The maximum absolute atomic E-state index is 12.2. The highest BCUT2D eigenvalue weighted by Crippen LogP contribution is 2.23. The monoisotopic (exact) mass is 380 g/mol. The van der Waals surface area contributed by atoms with E-state index in [1.165, 1.54) is 12.8 Å². The summed E-state index contributed by atoms with van der Waals surface area (Å²) in [5.41, 5.74) is 0. The largest absolute Gasteiger partial charge is 0.381 e. The summed E-state index contributed by atoms with van der Waals surface area (Å²) in [4.78, 5) is 28.5. The lowest BCUT2D eigenvalue weighted by molar-refractivity contribution is -0.131. The minimum atomic E-state index is -0.0390. The van der Waals surface area contributed by atoms with Gasteiger partial charge in [0.25, 0.3) is 0 Å². The highest BCUT2D eigenvalue weighted by molar-refractivity contribution is 5.74. The molecule has 7 heteroatoms. The fourth-order valence-electron chi connectivity index (χ4n) is 4.80. The number of hydrogen-bond acceptors (Lipinski definition) is 4. The smallest absolute Gasteiger partial charge is 0.315 e. The van der Waals surface area contributed by atoms with Crippen molar-refractivity contribution < 1.29 is 14.3 Å². The number of urea groups is 1. The van der Waals surface area contributed by atoms with Crippen LogP contribution < -0.4 is 10.6 Å². The molecule has 2 saturated heterocycles. The summed E-state index contributed by atoms with van der Waals surface area (Å²) in [5.74, 6) is 0.167. The minimum absolute atomic E-state index is 0.0390. The zero-order valence-electron chi connectivity index (χ0n) is 16.8. The van der Waals surface area contributed by atoms with Gasteiger partial charge in [-0.2, -0.15) is 0 Å². The van der Waals surface area contributed by atoms with Gasteiger partial charge in [-0.3, -0.25) is 9.69 Å². The maximum Gasteiger partial charge on any atom is 0.315 e. The van der Waals surface area contributed by atoms with Crippen molar-refractivity contribution in [3.05, 3.63) is 0 Å². The molecule has 7 nitrogen and oxygen atoms in total. The number of nitrogens with zero attached hydrogens (tertiary/aromatic N) is 2. The molecule has 0 aromatic rings. The molecular weight excluding hydrogens is 344 g/mol. The lowest BCUT2D eigenvalue weighted by Gasteiger charge is -2.44. The first-order valence-corrected chi connectivity index (χ1v) is 10.8. The zero-order chi connectivity index (χ0) is 19.1. The molecule has 27 heavy (non-hydrogen) atoms. The fraction of sp³-hybridized carbons (Fsp3) is 0.900. The van der Waals surface area contributed by atoms with Crippen LogP contribution in [0, 0.1) is 0 Å². The summed E-state index contributed by atoms with van der Waals surface area (Å²) >= 11 is 0. The van der Waals surface area contributed by atoms with Crippen molar-refractivity contribution in [3.63, 3.8) is 0 Å². The van der Waals surface area contributed by atoms with Crippen molar-refractivity contribution in [1.29, 1.82) is 0 Å². The van der Waals surface area contributed by atoms with Crippen LogP contribution in [0.4, 0.5) is 4.79 Å². The number of likely N-dealkylation sites (tertiary alicyclic amines) is 1. The summed E-state index contributed by atoms with van der Waals surface area (Å²) in [6.07, 6.45) is 8.88. The van der Waals surface area contributed by atoms with Gasteiger partial charge in [0.1, 0.15) is 0 Å². The first-order chi connectivity index (χ1) is 13.1. The Hall–Kier alpha value is -1.34. The van der Waals surface area contributed by atoms with Gasteiger partial charge in [-0.1, -0.05) is 12.8 Å². The SMILES string of the molecule is CC(=O)N1CCCC(N(CCNC(=O)NC2CCCC2)C2CCOCC2)C1. The molecule has 3 rings (SSSR count). The Morgan fingerprint density at radius 2 is 1.78 bits per heavy atom. The predicted octanol–water partition coefficient (Wildman–Crippen LogP) is 1.72. The summed E-state index contributed by atoms with van der Waals surface area (Å²) in [5, 5.41) is 6.14. The van der Waals surface area contributed by atoms with Gasteiger partial charge < -0.3 is 20.3 Å². The molecule has 154 valence electrons. The van der Waals surface area contributed by atoms with E-state index in [9.17, 15) is 9.59 Å². The summed E-state index contributed by atoms with van der Waals surface area (Å²) in [7, 11) is 0. The van der Waals surface area contributed by atoms with E-state index in [0.717, 1.165) is 71.4 Å². The Kier molecular flexibility index (Phi) is 7.76. The predicted molar refractivity (Wildman–Crippen MR) is 105 cm³/mol. The number of ether oxygens (including phenoxy) is 1. The third kappa shape index (κ3) is 6.07. The molecule has 0 spiro atoms. The van der Waals surface area contributed by atoms with E-state index in [-0.39, 0.29) is 11.9 Å². The average Bonchev–Trinajstić information content (AvgIpc) is 3.19. The van der Waals surface area contributed by atoms with E-state index < -0.39 is 0 Å². The molecule has 1 atom stereocenters. The molecule has 2 aliphatic heterocycles. The Bertz CT molecular complexity index is 490. The minimum Gasteiger partial charge on any atom is -0.381 e. The quantitative estimate of drug-likeness (QED) is 0.736. The van der Waals surface area contributed by atoms with Crippen molar-refractivity contribution >= 4 is 11.9 Å². The lowest BCUT2D eigenvalue weighted by atomic mass is 9.98. The number of nitrogens with one attached hydrogen (secondary N) is 2. The molecular formula is C20H36N4O3. The van der Waals surface area contributed by atoms with Crippen LogP contribution in [0.3, 0.4) is 0 Å². The van der Waals surface area contributed by atoms with E-state index >= 15 is 0 Å². The van der Waals surface area contributed by atoms with Crippen molar-refractivity contribution in [2.45, 2.75) is 76.4 Å². The van der Waals surface area contributed by atoms with Crippen LogP contribution in [0.25, 0.3) is 0 Å². The van der Waals surface area contributed by atoms with Crippen LogP contribution in [-0.2, 0) is 9.53 Å². The Labute approximate surface area is 163 Å². The first kappa shape index (κ1) is 20.4. The highest BCUT2D eigenvalue weighted by atomic mass is 16.5. The molecule has 3 amide bonds. The van der Waals surface area contributed by atoms with E-state index in [1.54, 1.807) is 6.92 Å². The molecule has 0 radical (unpaired) electrons. The second-order valence-corrected chi connectivity index (χ2v) is 8.22. The maximum atomic E-state index is 12.2. The van der Waals surface area contributed by atoms with Crippen LogP contribution in [-0.4, -0.2) is 79.3 Å². The number of rotatable bonds is 6.